The first-order valence-electron chi connectivity index (χ1n) is 6.57. The highest BCUT2D eigenvalue weighted by Gasteiger charge is 2.02. The maximum Gasteiger partial charge on any atom is 0.176 e. The monoisotopic (exact) mass is 268 g/mol. The summed E-state index contributed by atoms with van der Waals surface area (Å²) < 4.78 is 1.55. The van der Waals surface area contributed by atoms with Crippen molar-refractivity contribution in [2.75, 3.05) is 11.9 Å². The summed E-state index contributed by atoms with van der Waals surface area (Å²) in [5.74, 6) is 1.52. The van der Waals surface area contributed by atoms with E-state index in [9.17, 15) is 0 Å². The smallest absolute Gasteiger partial charge is 0.176 e. The van der Waals surface area contributed by atoms with Crippen LogP contribution in [0.2, 0.25) is 0 Å². The van der Waals surface area contributed by atoms with Gasteiger partial charge in [0.05, 0.1) is 0 Å². The van der Waals surface area contributed by atoms with E-state index in [1.54, 1.807) is 4.63 Å². The fourth-order valence-corrected chi connectivity index (χ4v) is 1.96. The summed E-state index contributed by atoms with van der Waals surface area (Å²) in [7, 11) is 0. The molecular formula is C14H16N6. The fourth-order valence-electron chi connectivity index (χ4n) is 1.96. The molecule has 0 aliphatic heterocycles. The van der Waals surface area contributed by atoms with Crippen molar-refractivity contribution in [1.82, 2.24) is 24.8 Å². The van der Waals surface area contributed by atoms with Gasteiger partial charge in [-0.3, -0.25) is 4.98 Å². The van der Waals surface area contributed by atoms with Crippen molar-refractivity contribution < 1.29 is 0 Å². The molecule has 0 spiro atoms. The summed E-state index contributed by atoms with van der Waals surface area (Å²) in [6.07, 6.45) is 2.82. The molecule has 6 heteroatoms. The largest absolute Gasteiger partial charge is 0.368 e. The number of aryl methyl sites for hydroxylation is 2. The third kappa shape index (κ3) is 2.74. The predicted molar refractivity (Wildman–Crippen MR) is 76.7 cm³/mol. The average molecular weight is 268 g/mol. The van der Waals surface area contributed by atoms with Gasteiger partial charge in [0.15, 0.2) is 5.65 Å². The number of aromatic nitrogens is 5. The van der Waals surface area contributed by atoms with Gasteiger partial charge in [-0.1, -0.05) is 6.07 Å². The maximum absolute atomic E-state index is 4.36. The zero-order valence-corrected chi connectivity index (χ0v) is 11.5. The van der Waals surface area contributed by atoms with Crippen LogP contribution in [0.1, 0.15) is 17.1 Å². The summed E-state index contributed by atoms with van der Waals surface area (Å²) in [6.45, 7) is 4.64. The first kappa shape index (κ1) is 12.5. The van der Waals surface area contributed by atoms with Crippen molar-refractivity contribution >= 4 is 11.5 Å². The van der Waals surface area contributed by atoms with Gasteiger partial charge >= 0.3 is 0 Å². The van der Waals surface area contributed by atoms with E-state index in [1.165, 1.54) is 5.56 Å². The second-order valence-corrected chi connectivity index (χ2v) is 4.71. The van der Waals surface area contributed by atoms with Crippen LogP contribution in [0.3, 0.4) is 0 Å². The number of hydrogen-bond donors (Lipinski definition) is 1. The molecule has 0 aromatic carbocycles. The van der Waals surface area contributed by atoms with Crippen LogP contribution in [0.25, 0.3) is 5.65 Å². The molecule has 1 N–H and O–H groups in total. The van der Waals surface area contributed by atoms with E-state index in [0.29, 0.717) is 0 Å². The topological polar surface area (TPSA) is 68.0 Å². The molecule has 3 aromatic rings. The van der Waals surface area contributed by atoms with Crippen LogP contribution in [-0.4, -0.2) is 31.3 Å². The molecule has 0 aliphatic carbocycles. The van der Waals surface area contributed by atoms with Crippen molar-refractivity contribution in [1.29, 1.82) is 0 Å². The van der Waals surface area contributed by atoms with Crippen LogP contribution in [0.4, 0.5) is 5.82 Å². The second kappa shape index (κ2) is 5.24. The lowest BCUT2D eigenvalue weighted by Gasteiger charge is -2.05. The molecule has 3 rings (SSSR count). The van der Waals surface area contributed by atoms with Gasteiger partial charge in [0.2, 0.25) is 0 Å². The second-order valence-electron chi connectivity index (χ2n) is 4.71. The molecule has 0 fully saturated rings. The molecule has 20 heavy (non-hydrogen) atoms. The van der Waals surface area contributed by atoms with Crippen LogP contribution in [-0.2, 0) is 6.42 Å². The quantitative estimate of drug-likeness (QED) is 0.781. The molecule has 0 atom stereocenters. The minimum atomic E-state index is 0.723. The zero-order valence-electron chi connectivity index (χ0n) is 11.5. The maximum atomic E-state index is 4.36. The molecule has 0 aliphatic rings. The van der Waals surface area contributed by atoms with Crippen LogP contribution in [0.5, 0.6) is 0 Å². The van der Waals surface area contributed by atoms with Crippen LogP contribution in [0.15, 0.2) is 30.5 Å². The highest BCUT2D eigenvalue weighted by atomic mass is 15.5. The van der Waals surface area contributed by atoms with Crippen molar-refractivity contribution in [3.05, 3.63) is 47.5 Å². The Kier molecular flexibility index (Phi) is 3.28. The highest BCUT2D eigenvalue weighted by Crippen LogP contribution is 2.06. The third-order valence-electron chi connectivity index (χ3n) is 3.01. The molecule has 0 unspecified atom stereocenters. The minimum absolute atomic E-state index is 0.723. The molecule has 0 radical (unpaired) electrons. The summed E-state index contributed by atoms with van der Waals surface area (Å²) in [5, 5.41) is 11.8. The van der Waals surface area contributed by atoms with Crippen molar-refractivity contribution in [3.8, 4) is 0 Å². The third-order valence-corrected chi connectivity index (χ3v) is 3.01. The number of nitrogens with zero attached hydrogens (tertiary/aromatic N) is 5. The average Bonchev–Trinajstić information content (AvgIpc) is 2.80. The molecule has 3 heterocycles. The Labute approximate surface area is 116 Å². The van der Waals surface area contributed by atoms with Crippen LogP contribution < -0.4 is 5.32 Å². The van der Waals surface area contributed by atoms with E-state index in [1.807, 2.05) is 38.2 Å². The Morgan fingerprint density at radius 1 is 1.10 bits per heavy atom. The van der Waals surface area contributed by atoms with Crippen molar-refractivity contribution in [2.24, 2.45) is 0 Å². The molecule has 102 valence electrons. The number of nitrogens with one attached hydrogen (secondary N) is 1. The zero-order chi connectivity index (χ0) is 13.9. The molecule has 0 saturated carbocycles. The van der Waals surface area contributed by atoms with Gasteiger partial charge in [0, 0.05) is 18.4 Å². The van der Waals surface area contributed by atoms with E-state index in [4.69, 9.17) is 0 Å². The van der Waals surface area contributed by atoms with E-state index < -0.39 is 0 Å². The summed E-state index contributed by atoms with van der Waals surface area (Å²) in [4.78, 5) is 8.53. The van der Waals surface area contributed by atoms with E-state index in [2.05, 4.69) is 31.5 Å². The summed E-state index contributed by atoms with van der Waals surface area (Å²) >= 11 is 0. The van der Waals surface area contributed by atoms with E-state index in [0.717, 1.165) is 35.9 Å². The van der Waals surface area contributed by atoms with Crippen molar-refractivity contribution in [2.45, 2.75) is 20.3 Å². The highest BCUT2D eigenvalue weighted by molar-refractivity contribution is 5.43. The Morgan fingerprint density at radius 2 is 2.00 bits per heavy atom. The number of rotatable bonds is 4. The van der Waals surface area contributed by atoms with Gasteiger partial charge in [-0.2, -0.15) is 0 Å². The summed E-state index contributed by atoms with van der Waals surface area (Å²) in [5.41, 5.74) is 3.01. The minimum Gasteiger partial charge on any atom is -0.368 e. The van der Waals surface area contributed by atoms with Gasteiger partial charge in [-0.05, 0) is 44.0 Å². The number of anilines is 1. The van der Waals surface area contributed by atoms with Gasteiger partial charge in [0.25, 0.3) is 0 Å². The molecular weight excluding hydrogens is 252 g/mol. The molecule has 0 amide bonds. The van der Waals surface area contributed by atoms with E-state index in [-0.39, 0.29) is 0 Å². The molecule has 3 aromatic heterocycles. The molecule has 6 nitrogen and oxygen atoms in total. The Hall–Kier alpha value is -2.50. The van der Waals surface area contributed by atoms with Crippen LogP contribution >= 0.6 is 0 Å². The summed E-state index contributed by atoms with van der Waals surface area (Å²) in [6, 6.07) is 7.94. The van der Waals surface area contributed by atoms with Gasteiger partial charge in [0.1, 0.15) is 11.6 Å². The van der Waals surface area contributed by atoms with E-state index >= 15 is 0 Å². The number of pyridine rings is 1. The Balaban J connectivity index is 1.63. The van der Waals surface area contributed by atoms with Crippen LogP contribution in [0, 0.1) is 13.8 Å². The Morgan fingerprint density at radius 3 is 2.80 bits per heavy atom. The van der Waals surface area contributed by atoms with Gasteiger partial charge in [-0.15, -0.1) is 14.8 Å². The lowest BCUT2D eigenvalue weighted by atomic mass is 10.2. The van der Waals surface area contributed by atoms with Crippen molar-refractivity contribution in [3.63, 3.8) is 0 Å². The number of hydrogen-bond acceptors (Lipinski definition) is 5. The SMILES string of the molecule is Cc1ccc(CCNc2ccc3nc(C)nn3n2)cn1. The first-order chi connectivity index (χ1) is 9.70. The number of fused-ring (bicyclic) bond motifs is 1. The molecule has 0 saturated heterocycles. The predicted octanol–water partition coefficient (Wildman–Crippen LogP) is 1.79. The normalized spacial score (nSPS) is 10.9. The Bertz CT molecular complexity index is 716. The lowest BCUT2D eigenvalue weighted by molar-refractivity contribution is 0.786. The first-order valence-corrected chi connectivity index (χ1v) is 6.57. The fraction of sp³-hybridized carbons (Fsp3) is 0.286. The van der Waals surface area contributed by atoms with Gasteiger partial charge in [-0.25, -0.2) is 4.98 Å². The van der Waals surface area contributed by atoms with Gasteiger partial charge < -0.3 is 5.32 Å². The standard InChI is InChI=1S/C14H16N6/c1-10-3-4-12(9-16-10)7-8-15-13-5-6-14-17-11(2)18-20(14)19-13/h3-6,9H,7-8H2,1-2H3,(H,15,19). The molecule has 0 bridgehead atoms. The lowest BCUT2D eigenvalue weighted by Crippen LogP contribution is -2.08.